The Morgan fingerprint density at radius 1 is 1.00 bits per heavy atom. The van der Waals surface area contributed by atoms with E-state index in [1.807, 2.05) is 24.3 Å². The number of nitrogens with one attached hydrogen (secondary N) is 1. The first-order valence-corrected chi connectivity index (χ1v) is 13.4. The molecule has 0 bridgehead atoms. The molecule has 0 aliphatic heterocycles. The predicted molar refractivity (Wildman–Crippen MR) is 133 cm³/mol. The van der Waals surface area contributed by atoms with Crippen LogP contribution in [0.2, 0.25) is 0 Å². The minimum Gasteiger partial charge on any atom is -0.378 e. The van der Waals surface area contributed by atoms with Gasteiger partial charge in [-0.05, 0) is 122 Å². The van der Waals surface area contributed by atoms with Crippen molar-refractivity contribution in [3.8, 4) is 11.8 Å². The molecule has 0 spiro atoms. The van der Waals surface area contributed by atoms with Crippen LogP contribution in [-0.4, -0.2) is 17.1 Å². The molecule has 4 aliphatic rings. The summed E-state index contributed by atoms with van der Waals surface area (Å²) in [4.78, 5) is 10.6. The van der Waals surface area contributed by atoms with Crippen molar-refractivity contribution in [2.45, 2.75) is 90.6 Å². The number of carbonyl (C=O) groups is 1. The van der Waals surface area contributed by atoms with Crippen LogP contribution < -0.4 is 5.32 Å². The van der Waals surface area contributed by atoms with Gasteiger partial charge >= 0.3 is 0 Å². The molecule has 4 aliphatic carbocycles. The van der Waals surface area contributed by atoms with Crippen LogP contribution in [0.3, 0.4) is 0 Å². The lowest BCUT2D eigenvalue weighted by molar-refractivity contribution is -0.138. The van der Waals surface area contributed by atoms with Crippen LogP contribution >= 0.6 is 0 Å². The molecule has 0 saturated heterocycles. The number of anilines is 1. The highest BCUT2D eigenvalue weighted by Gasteiger charge is 2.60. The number of benzene rings is 1. The molecule has 0 aromatic heterocycles. The van der Waals surface area contributed by atoms with Gasteiger partial charge in [0.05, 0.1) is 0 Å². The van der Waals surface area contributed by atoms with Crippen molar-refractivity contribution in [2.24, 2.45) is 40.4 Å². The fraction of sp³-hybridized carbons (Fsp3) is 0.700. The molecule has 4 fully saturated rings. The van der Waals surface area contributed by atoms with E-state index in [4.69, 9.17) is 0 Å². The summed E-state index contributed by atoms with van der Waals surface area (Å²) in [5.41, 5.74) is 1.72. The topological polar surface area (TPSA) is 49.3 Å². The Morgan fingerprint density at radius 2 is 1.76 bits per heavy atom. The third-order valence-corrected chi connectivity index (χ3v) is 11.0. The van der Waals surface area contributed by atoms with E-state index in [0.717, 1.165) is 54.2 Å². The average molecular weight is 448 g/mol. The predicted octanol–water partition coefficient (Wildman–Crippen LogP) is 6.41. The van der Waals surface area contributed by atoms with Gasteiger partial charge in [-0.15, -0.1) is 0 Å². The van der Waals surface area contributed by atoms with Crippen LogP contribution in [0.4, 0.5) is 5.69 Å². The molecule has 4 saturated carbocycles. The smallest absolute Gasteiger partial charge is 0.211 e. The zero-order chi connectivity index (χ0) is 23.3. The fourth-order valence-corrected chi connectivity index (χ4v) is 9.04. The number of carbonyl (C=O) groups excluding carboxylic acids is 1. The average Bonchev–Trinajstić information content (AvgIpc) is 3.16. The largest absolute Gasteiger partial charge is 0.378 e. The third-order valence-electron chi connectivity index (χ3n) is 11.0. The first-order valence-electron chi connectivity index (χ1n) is 13.4. The number of rotatable bonds is 3. The molecule has 1 amide bonds. The summed E-state index contributed by atoms with van der Waals surface area (Å²) in [6.07, 6.45) is 13.1. The van der Waals surface area contributed by atoms with E-state index in [9.17, 15) is 9.90 Å². The van der Waals surface area contributed by atoms with Gasteiger partial charge in [-0.1, -0.05) is 39.0 Å². The Kier molecular flexibility index (Phi) is 5.89. The van der Waals surface area contributed by atoms with Gasteiger partial charge in [-0.2, -0.15) is 0 Å². The lowest BCUT2D eigenvalue weighted by Crippen LogP contribution is -2.55. The Morgan fingerprint density at radius 3 is 2.48 bits per heavy atom. The highest BCUT2D eigenvalue weighted by molar-refractivity contribution is 5.71. The van der Waals surface area contributed by atoms with Gasteiger partial charge < -0.3 is 10.4 Å². The highest BCUT2D eigenvalue weighted by atomic mass is 16.3. The second-order valence-corrected chi connectivity index (χ2v) is 12.2. The Balaban J connectivity index is 1.31. The molecule has 178 valence electrons. The molecule has 8 atom stereocenters. The van der Waals surface area contributed by atoms with Crippen molar-refractivity contribution in [1.29, 1.82) is 0 Å². The van der Waals surface area contributed by atoms with E-state index in [1.54, 1.807) is 0 Å². The van der Waals surface area contributed by atoms with Gasteiger partial charge in [-0.25, -0.2) is 0 Å². The molecule has 1 aromatic carbocycles. The van der Waals surface area contributed by atoms with E-state index in [0.29, 0.717) is 23.2 Å². The van der Waals surface area contributed by atoms with Gasteiger partial charge in [-0.3, -0.25) is 4.79 Å². The summed E-state index contributed by atoms with van der Waals surface area (Å²) in [7, 11) is 0. The lowest BCUT2D eigenvalue weighted by Gasteiger charge is -2.61. The molecule has 0 heterocycles. The quantitative estimate of drug-likeness (QED) is 0.416. The van der Waals surface area contributed by atoms with Gasteiger partial charge in [0.15, 0.2) is 0 Å². The number of amides is 1. The number of hydrogen-bond acceptors (Lipinski definition) is 2. The van der Waals surface area contributed by atoms with E-state index in [1.165, 1.54) is 44.9 Å². The van der Waals surface area contributed by atoms with Crippen molar-refractivity contribution in [3.63, 3.8) is 0 Å². The summed E-state index contributed by atoms with van der Waals surface area (Å²) in [5, 5.41) is 14.1. The van der Waals surface area contributed by atoms with Gasteiger partial charge in [0.25, 0.3) is 0 Å². The summed E-state index contributed by atoms with van der Waals surface area (Å²) in [5.74, 6) is 10.7. The molecule has 0 radical (unpaired) electrons. The third kappa shape index (κ3) is 3.83. The van der Waals surface area contributed by atoms with E-state index in [-0.39, 0.29) is 0 Å². The number of hydrogen-bond donors (Lipinski definition) is 2. The van der Waals surface area contributed by atoms with Crippen LogP contribution in [-0.2, 0) is 4.79 Å². The van der Waals surface area contributed by atoms with Crippen molar-refractivity contribution >= 4 is 12.1 Å². The number of aliphatic hydroxyl groups is 1. The van der Waals surface area contributed by atoms with Crippen molar-refractivity contribution < 1.29 is 9.90 Å². The first kappa shape index (κ1) is 23.0. The van der Waals surface area contributed by atoms with Gasteiger partial charge in [0.1, 0.15) is 5.60 Å². The summed E-state index contributed by atoms with van der Waals surface area (Å²) >= 11 is 0. The second kappa shape index (κ2) is 8.46. The standard InChI is InChI=1S/C30H41NO2/c1-4-22-8-12-26-25-11-7-23-19-30(33,16-13-21-5-9-24(10-6-21)31-20-32)18-17-29(23,3)27(25)14-15-28(22,26)2/h5-6,9-10,20,22-23,25-27,33H,4,7-8,11-12,14-15,17-19H2,1-3H3,(H,31,32)/t22-,23+,25-,26-,27-,28+,29-,30+/m0/s1. The van der Waals surface area contributed by atoms with E-state index in [2.05, 4.69) is 37.9 Å². The maximum Gasteiger partial charge on any atom is 0.211 e. The minimum atomic E-state index is -0.874. The van der Waals surface area contributed by atoms with Crippen molar-refractivity contribution in [2.75, 3.05) is 5.32 Å². The summed E-state index contributed by atoms with van der Waals surface area (Å²) in [6, 6.07) is 7.52. The monoisotopic (exact) mass is 447 g/mol. The molecule has 0 unspecified atom stereocenters. The van der Waals surface area contributed by atoms with Crippen LogP contribution in [0.5, 0.6) is 0 Å². The van der Waals surface area contributed by atoms with Gasteiger partial charge in [0.2, 0.25) is 6.41 Å². The lowest BCUT2D eigenvalue weighted by atomic mass is 9.44. The first-order chi connectivity index (χ1) is 15.8. The van der Waals surface area contributed by atoms with Crippen LogP contribution in [0.1, 0.15) is 90.5 Å². The maximum atomic E-state index is 11.4. The Bertz CT molecular complexity index is 944. The van der Waals surface area contributed by atoms with E-state index >= 15 is 0 Å². The molecule has 33 heavy (non-hydrogen) atoms. The Labute approximate surface area is 200 Å². The molecular formula is C30H41NO2. The summed E-state index contributed by atoms with van der Waals surface area (Å²) in [6.45, 7) is 7.59. The molecular weight excluding hydrogens is 406 g/mol. The zero-order valence-electron chi connectivity index (χ0n) is 20.7. The molecule has 3 nitrogen and oxygen atoms in total. The van der Waals surface area contributed by atoms with Gasteiger partial charge in [0, 0.05) is 11.3 Å². The highest BCUT2D eigenvalue weighted by Crippen LogP contribution is 2.68. The molecule has 3 heteroatoms. The molecule has 5 rings (SSSR count). The zero-order valence-corrected chi connectivity index (χ0v) is 20.7. The van der Waals surface area contributed by atoms with E-state index < -0.39 is 5.60 Å². The summed E-state index contributed by atoms with van der Waals surface area (Å²) < 4.78 is 0. The number of fused-ring (bicyclic) bond motifs is 5. The molecule has 2 N–H and O–H groups in total. The van der Waals surface area contributed by atoms with Crippen LogP contribution in [0, 0.1) is 52.3 Å². The van der Waals surface area contributed by atoms with Crippen molar-refractivity contribution in [1.82, 2.24) is 0 Å². The Hall–Kier alpha value is -1.79. The van der Waals surface area contributed by atoms with Crippen LogP contribution in [0.15, 0.2) is 24.3 Å². The van der Waals surface area contributed by atoms with Crippen molar-refractivity contribution in [3.05, 3.63) is 29.8 Å². The minimum absolute atomic E-state index is 0.366. The molecule has 1 aromatic rings. The fourth-order valence-electron chi connectivity index (χ4n) is 9.04. The normalized spacial score (nSPS) is 43.9. The SMILES string of the molecule is CC[C@H]1CC[C@H]2[C@@H]3CC[C@@H]4C[C@@](O)(C#Cc5ccc(NC=O)cc5)CC[C@]4(C)[C@H]3CC[C@]12C. The maximum absolute atomic E-state index is 11.4. The van der Waals surface area contributed by atoms with Crippen LogP contribution in [0.25, 0.3) is 0 Å². The second-order valence-electron chi connectivity index (χ2n) is 12.2.